The third kappa shape index (κ3) is 14.1. The van der Waals surface area contributed by atoms with Gasteiger partial charge in [0.05, 0.1) is 0 Å². The van der Waals surface area contributed by atoms with Crippen LogP contribution in [0.15, 0.2) is 35.4 Å². The van der Waals surface area contributed by atoms with Crippen molar-refractivity contribution in [2.45, 2.75) is 140 Å². The number of hydrogen-bond acceptors (Lipinski definition) is 12. The lowest BCUT2D eigenvalue weighted by atomic mass is 10.0. The van der Waals surface area contributed by atoms with Gasteiger partial charge < -0.3 is 47.4 Å². The van der Waals surface area contributed by atoms with Crippen LogP contribution in [0.4, 0.5) is 0 Å². The molecule has 1 aromatic rings. The molecule has 3 aliphatic rings. The fraction of sp³-hybridized carbons (Fsp3) is 0.628. The van der Waals surface area contributed by atoms with E-state index < -0.39 is 102 Å². The molecule has 9 N–H and O–H groups in total. The van der Waals surface area contributed by atoms with Crippen LogP contribution in [0, 0.1) is 11.4 Å². The van der Waals surface area contributed by atoms with Crippen molar-refractivity contribution in [2.75, 3.05) is 26.2 Å². The lowest BCUT2D eigenvalue weighted by Crippen LogP contribution is -2.60. The van der Waals surface area contributed by atoms with Gasteiger partial charge in [0, 0.05) is 45.8 Å². The number of benzene rings is 1. The van der Waals surface area contributed by atoms with Crippen molar-refractivity contribution in [1.29, 1.82) is 5.53 Å². The number of rotatable bonds is 23. The summed E-state index contributed by atoms with van der Waals surface area (Å²) in [7, 11) is 0. The highest BCUT2D eigenvalue weighted by molar-refractivity contribution is 5.98. The average molecular weight is 894 g/mol. The van der Waals surface area contributed by atoms with Gasteiger partial charge >= 0.3 is 0 Å². The number of primary amides is 2. The van der Waals surface area contributed by atoms with E-state index in [1.807, 2.05) is 19.9 Å². The van der Waals surface area contributed by atoms with Gasteiger partial charge in [-0.15, -0.1) is 0 Å². The Labute approximate surface area is 372 Å². The summed E-state index contributed by atoms with van der Waals surface area (Å²) in [6, 6.07) is 1.18. The second-order valence-corrected chi connectivity index (χ2v) is 17.1. The first kappa shape index (κ1) is 50.4. The van der Waals surface area contributed by atoms with E-state index in [1.54, 1.807) is 24.3 Å². The maximum absolute atomic E-state index is 14.3. The zero-order valence-electron chi connectivity index (χ0n) is 36.8. The van der Waals surface area contributed by atoms with Crippen LogP contribution in [0.2, 0.25) is 0 Å². The largest absolute Gasteiger partial charge is 0.370 e. The molecule has 3 aliphatic heterocycles. The fourth-order valence-electron chi connectivity index (χ4n) is 8.55. The molecule has 21 nitrogen and oxygen atoms in total. The second-order valence-electron chi connectivity index (χ2n) is 17.1. The molecule has 0 saturated carbocycles. The van der Waals surface area contributed by atoms with E-state index in [2.05, 4.69) is 26.4 Å². The molecule has 7 atom stereocenters. The normalized spacial score (nSPS) is 20.1. The van der Waals surface area contributed by atoms with E-state index >= 15 is 0 Å². The molecule has 1 aromatic carbocycles. The van der Waals surface area contributed by atoms with Crippen LogP contribution >= 0.6 is 0 Å². The Bertz CT molecular complexity index is 1910. The van der Waals surface area contributed by atoms with Gasteiger partial charge in [0.2, 0.25) is 53.2 Å². The van der Waals surface area contributed by atoms with Crippen molar-refractivity contribution in [1.82, 2.24) is 36.0 Å². The zero-order chi connectivity index (χ0) is 47.1. The first-order chi connectivity index (χ1) is 30.4. The molecule has 3 saturated heterocycles. The molecule has 0 spiro atoms. The van der Waals surface area contributed by atoms with E-state index in [0.717, 1.165) is 5.56 Å². The highest BCUT2D eigenvalue weighted by Crippen LogP contribution is 2.24. The molecule has 64 heavy (non-hydrogen) atoms. The van der Waals surface area contributed by atoms with E-state index in [1.165, 1.54) is 21.6 Å². The maximum Gasteiger partial charge on any atom is 0.245 e. The van der Waals surface area contributed by atoms with Gasteiger partial charge in [0.15, 0.2) is 5.78 Å². The molecule has 9 amide bonds. The third-order valence-electron chi connectivity index (χ3n) is 11.8. The fourth-order valence-corrected chi connectivity index (χ4v) is 8.55. The first-order valence-corrected chi connectivity index (χ1v) is 22.0. The van der Waals surface area contributed by atoms with Crippen LogP contribution in [0.5, 0.6) is 0 Å². The molecule has 0 aromatic heterocycles. The molecule has 350 valence electrons. The van der Waals surface area contributed by atoms with Crippen LogP contribution < -0.4 is 32.7 Å². The van der Waals surface area contributed by atoms with Gasteiger partial charge in [-0.25, -0.2) is 5.53 Å². The topological polar surface area (TPSA) is 317 Å². The average Bonchev–Trinajstić information content (AvgIpc) is 4.05. The minimum atomic E-state index is -1.40. The van der Waals surface area contributed by atoms with Crippen LogP contribution in [0.1, 0.15) is 97.0 Å². The van der Waals surface area contributed by atoms with Crippen molar-refractivity contribution < 1.29 is 47.9 Å². The molecular formula is C43H63N11O10. The highest BCUT2D eigenvalue weighted by Gasteiger charge is 2.42. The summed E-state index contributed by atoms with van der Waals surface area (Å²) >= 11 is 0. The lowest BCUT2D eigenvalue weighted by Gasteiger charge is -2.32. The van der Waals surface area contributed by atoms with E-state index in [4.69, 9.17) is 17.0 Å². The molecular weight excluding hydrogens is 831 g/mol. The van der Waals surface area contributed by atoms with Crippen molar-refractivity contribution in [3.05, 3.63) is 35.9 Å². The van der Waals surface area contributed by atoms with Crippen molar-refractivity contribution >= 4 is 58.9 Å². The molecule has 0 aliphatic carbocycles. The van der Waals surface area contributed by atoms with Gasteiger partial charge in [-0.2, -0.15) is 5.11 Å². The van der Waals surface area contributed by atoms with Gasteiger partial charge in [-0.3, -0.25) is 47.9 Å². The van der Waals surface area contributed by atoms with Crippen molar-refractivity contribution in [2.24, 2.45) is 22.5 Å². The Morgan fingerprint density at radius 1 is 0.672 bits per heavy atom. The minimum absolute atomic E-state index is 0.102. The number of Topliss-reactive ketones (excluding diaryl/α,β-unsaturated/α-hetero) is 1. The number of nitrogens with one attached hydrogen (secondary N) is 5. The van der Waals surface area contributed by atoms with E-state index in [0.29, 0.717) is 38.6 Å². The molecule has 3 heterocycles. The number of likely N-dealkylation sites (tertiary alicyclic amines) is 3. The number of carbonyl (C=O) groups is 10. The highest BCUT2D eigenvalue weighted by atomic mass is 16.2. The summed E-state index contributed by atoms with van der Waals surface area (Å²) in [4.78, 5) is 137. The van der Waals surface area contributed by atoms with Crippen LogP contribution in [-0.4, -0.2) is 142 Å². The quantitative estimate of drug-likeness (QED) is 0.0681. The summed E-state index contributed by atoms with van der Waals surface area (Å²) in [6.45, 7) is 5.22. The standard InChI is InChI=1S/C43H63N11O10/c1-25(2)22-32(43(64)54-21-9-14-35(54)41(62)50-31(37(45)58)23-27-10-5-4-6-11-27)51-38(59)29(16-15-28(56)24-47-46)48-40(61)34-13-8-20-53(34)42(63)30(17-18-36(44)57)49-39(60)33-12-7-19-52(33)26(3)55/h4-6,10-11,25,29-35,46H,7-9,12-24H2,1-3H3,(H2,44,57)(H2,45,58)(H,48,61)(H,49,60)(H,50,62)(H,51,59)/t29-,30-,31-,32-,33-,34-,35-/m0/s1. The minimum Gasteiger partial charge on any atom is -0.370 e. The lowest BCUT2D eigenvalue weighted by molar-refractivity contribution is -0.144. The van der Waals surface area contributed by atoms with Crippen LogP contribution in [0.3, 0.4) is 0 Å². The van der Waals surface area contributed by atoms with Gasteiger partial charge in [0.25, 0.3) is 0 Å². The number of ketones is 1. The number of hydrogen-bond donors (Lipinski definition) is 7. The van der Waals surface area contributed by atoms with Crippen LogP contribution in [0.25, 0.3) is 0 Å². The summed E-state index contributed by atoms with van der Waals surface area (Å²) in [6.07, 6.45) is 1.61. The summed E-state index contributed by atoms with van der Waals surface area (Å²) in [5, 5.41) is 13.9. The Kier molecular flexibility index (Phi) is 18.9. The molecule has 0 radical (unpaired) electrons. The second kappa shape index (κ2) is 24.0. The summed E-state index contributed by atoms with van der Waals surface area (Å²) in [5.74, 6) is -6.34. The third-order valence-corrected chi connectivity index (χ3v) is 11.8. The van der Waals surface area contributed by atoms with Crippen molar-refractivity contribution in [3.8, 4) is 0 Å². The van der Waals surface area contributed by atoms with Gasteiger partial charge in [0.1, 0.15) is 48.8 Å². The Hall–Kier alpha value is -6.28. The predicted molar refractivity (Wildman–Crippen MR) is 229 cm³/mol. The zero-order valence-corrected chi connectivity index (χ0v) is 36.8. The Morgan fingerprint density at radius 2 is 1.16 bits per heavy atom. The SMILES string of the molecule is CC(=O)N1CCC[C@H]1C(=O)N[C@@H](CCC(N)=O)C(=O)N1CCC[C@H]1C(=O)N[C@@H](CCC(=O)CN=N)C(=O)N[C@@H](CC(C)C)C(=O)N1CCC[C@H]1C(=O)N[C@@H](Cc1ccccc1)C(N)=O. The number of carbonyl (C=O) groups excluding carboxylic acids is 10. The molecule has 3 fully saturated rings. The predicted octanol–water partition coefficient (Wildman–Crippen LogP) is -0.662. The molecule has 21 heteroatoms. The molecule has 0 unspecified atom stereocenters. The Morgan fingerprint density at radius 3 is 1.66 bits per heavy atom. The first-order valence-electron chi connectivity index (χ1n) is 22.0. The molecule has 4 rings (SSSR count). The number of amides is 9. The smallest absolute Gasteiger partial charge is 0.245 e. The monoisotopic (exact) mass is 893 g/mol. The van der Waals surface area contributed by atoms with Gasteiger partial charge in [-0.05, 0) is 69.3 Å². The van der Waals surface area contributed by atoms with E-state index in [-0.39, 0.29) is 69.9 Å². The molecule has 0 bridgehead atoms. The number of nitrogens with two attached hydrogens (primary N) is 2. The summed E-state index contributed by atoms with van der Waals surface area (Å²) < 4.78 is 0. The van der Waals surface area contributed by atoms with Crippen molar-refractivity contribution in [3.63, 3.8) is 0 Å². The number of nitrogens with zero attached hydrogens (tertiary/aromatic N) is 4. The summed E-state index contributed by atoms with van der Waals surface area (Å²) in [5.41, 5.74) is 18.9. The Balaban J connectivity index is 1.51. The maximum atomic E-state index is 14.3. The van der Waals surface area contributed by atoms with E-state index in [9.17, 15) is 47.9 Å². The van der Waals surface area contributed by atoms with Crippen LogP contribution in [-0.2, 0) is 54.4 Å². The van der Waals surface area contributed by atoms with Gasteiger partial charge in [-0.1, -0.05) is 44.2 Å².